The highest BCUT2D eigenvalue weighted by atomic mass is 127. The highest BCUT2D eigenvalue weighted by Gasteiger charge is 2.15. The van der Waals surface area contributed by atoms with Crippen molar-refractivity contribution in [2.75, 3.05) is 39.3 Å². The van der Waals surface area contributed by atoms with E-state index in [-0.39, 0.29) is 29.5 Å². The number of nitrogens with zero attached hydrogens (tertiary/aromatic N) is 2. The lowest BCUT2D eigenvalue weighted by molar-refractivity contribution is -0.130. The summed E-state index contributed by atoms with van der Waals surface area (Å²) in [5.41, 5.74) is 0.136. The van der Waals surface area contributed by atoms with Gasteiger partial charge in [0.05, 0.1) is 0 Å². The van der Waals surface area contributed by atoms with Crippen LogP contribution in [0.15, 0.2) is 4.99 Å². The van der Waals surface area contributed by atoms with E-state index < -0.39 is 0 Å². The number of carbonyl (C=O) groups is 1. The van der Waals surface area contributed by atoms with Crippen LogP contribution in [0.25, 0.3) is 0 Å². The Morgan fingerprint density at radius 2 is 1.92 bits per heavy atom. The highest BCUT2D eigenvalue weighted by Crippen LogP contribution is 2.11. The molecule has 0 aromatic heterocycles. The SMILES string of the molecule is CCNC(=NCCCN1CCCCCC1=O)NCCNC(C)(C)C.I. The van der Waals surface area contributed by atoms with Gasteiger partial charge in [0, 0.05) is 51.2 Å². The molecule has 1 aliphatic heterocycles. The summed E-state index contributed by atoms with van der Waals surface area (Å²) in [6, 6.07) is 0. The Morgan fingerprint density at radius 3 is 2.60 bits per heavy atom. The molecular formula is C18H38IN5O. The van der Waals surface area contributed by atoms with Gasteiger partial charge in [-0.2, -0.15) is 0 Å². The first-order valence-electron chi connectivity index (χ1n) is 9.47. The molecule has 1 aliphatic rings. The zero-order valence-electron chi connectivity index (χ0n) is 16.5. The molecule has 1 fully saturated rings. The third kappa shape index (κ3) is 12.4. The number of carbonyl (C=O) groups excluding carboxylic acids is 1. The average Bonchev–Trinajstić information content (AvgIpc) is 2.71. The minimum absolute atomic E-state index is 0. The van der Waals surface area contributed by atoms with Crippen molar-refractivity contribution < 1.29 is 4.79 Å². The normalized spacial score (nSPS) is 16.2. The van der Waals surface area contributed by atoms with Crippen molar-refractivity contribution in [3.63, 3.8) is 0 Å². The van der Waals surface area contributed by atoms with E-state index >= 15 is 0 Å². The first-order valence-corrected chi connectivity index (χ1v) is 9.47. The summed E-state index contributed by atoms with van der Waals surface area (Å²) in [6.07, 6.45) is 5.00. The molecular weight excluding hydrogens is 429 g/mol. The predicted molar refractivity (Wildman–Crippen MR) is 117 cm³/mol. The van der Waals surface area contributed by atoms with Crippen LogP contribution in [0.4, 0.5) is 0 Å². The van der Waals surface area contributed by atoms with Gasteiger partial charge in [-0.25, -0.2) is 0 Å². The van der Waals surface area contributed by atoms with Crippen LogP contribution in [0.3, 0.4) is 0 Å². The molecule has 0 radical (unpaired) electrons. The summed E-state index contributed by atoms with van der Waals surface area (Å²) in [6.45, 7) is 13.6. The third-order valence-electron chi connectivity index (χ3n) is 3.94. The fourth-order valence-corrected chi connectivity index (χ4v) is 2.69. The average molecular weight is 467 g/mol. The topological polar surface area (TPSA) is 68.8 Å². The second-order valence-corrected chi connectivity index (χ2v) is 7.41. The van der Waals surface area contributed by atoms with Crippen LogP contribution in [0, 0.1) is 0 Å². The lowest BCUT2D eigenvalue weighted by atomic mass is 10.1. The Hall–Kier alpha value is -0.570. The fourth-order valence-electron chi connectivity index (χ4n) is 2.69. The van der Waals surface area contributed by atoms with Crippen molar-refractivity contribution in [1.29, 1.82) is 0 Å². The second-order valence-electron chi connectivity index (χ2n) is 7.41. The number of hydrogen-bond donors (Lipinski definition) is 3. The molecule has 148 valence electrons. The quantitative estimate of drug-likeness (QED) is 0.222. The second kappa shape index (κ2) is 13.6. The van der Waals surface area contributed by atoms with Gasteiger partial charge in [0.2, 0.25) is 5.91 Å². The van der Waals surface area contributed by atoms with Crippen LogP contribution in [-0.2, 0) is 4.79 Å². The zero-order valence-corrected chi connectivity index (χ0v) is 18.8. The summed E-state index contributed by atoms with van der Waals surface area (Å²) in [5.74, 6) is 1.17. The van der Waals surface area contributed by atoms with Crippen molar-refractivity contribution in [3.05, 3.63) is 0 Å². The van der Waals surface area contributed by atoms with E-state index in [2.05, 4.69) is 48.6 Å². The molecule has 1 amide bonds. The molecule has 7 heteroatoms. The van der Waals surface area contributed by atoms with Gasteiger partial charge in [0.15, 0.2) is 5.96 Å². The number of nitrogens with one attached hydrogen (secondary N) is 3. The summed E-state index contributed by atoms with van der Waals surface area (Å²) >= 11 is 0. The minimum atomic E-state index is 0. The van der Waals surface area contributed by atoms with Crippen molar-refractivity contribution in [2.45, 2.75) is 65.3 Å². The van der Waals surface area contributed by atoms with Crippen LogP contribution >= 0.6 is 24.0 Å². The lowest BCUT2D eigenvalue weighted by Crippen LogP contribution is -2.44. The molecule has 0 bridgehead atoms. The van der Waals surface area contributed by atoms with Crippen molar-refractivity contribution in [3.8, 4) is 0 Å². The molecule has 1 saturated heterocycles. The summed E-state index contributed by atoms with van der Waals surface area (Å²) in [7, 11) is 0. The van der Waals surface area contributed by atoms with Gasteiger partial charge >= 0.3 is 0 Å². The molecule has 1 rings (SSSR count). The maximum Gasteiger partial charge on any atom is 0.222 e. The van der Waals surface area contributed by atoms with E-state index in [9.17, 15) is 4.79 Å². The maximum atomic E-state index is 12.0. The van der Waals surface area contributed by atoms with E-state index in [1.165, 1.54) is 6.42 Å². The highest BCUT2D eigenvalue weighted by molar-refractivity contribution is 14.0. The molecule has 25 heavy (non-hydrogen) atoms. The summed E-state index contributed by atoms with van der Waals surface area (Å²) in [4.78, 5) is 18.6. The zero-order chi connectivity index (χ0) is 17.8. The van der Waals surface area contributed by atoms with Crippen molar-refractivity contribution >= 4 is 35.8 Å². The molecule has 0 aliphatic carbocycles. The van der Waals surface area contributed by atoms with Crippen LogP contribution in [-0.4, -0.2) is 61.6 Å². The first kappa shape index (κ1) is 24.4. The molecule has 0 aromatic rings. The van der Waals surface area contributed by atoms with Gasteiger partial charge in [-0.1, -0.05) is 6.42 Å². The Balaban J connectivity index is 0.00000576. The number of aliphatic imine (C=N–C) groups is 1. The fraction of sp³-hybridized carbons (Fsp3) is 0.889. The first-order chi connectivity index (χ1) is 11.4. The third-order valence-corrected chi connectivity index (χ3v) is 3.94. The molecule has 1 heterocycles. The number of guanidine groups is 1. The van der Waals surface area contributed by atoms with E-state index in [1.807, 2.05) is 4.90 Å². The Labute approximate surface area is 171 Å². The van der Waals surface area contributed by atoms with E-state index in [0.717, 1.165) is 64.5 Å². The van der Waals surface area contributed by atoms with Crippen LogP contribution in [0.2, 0.25) is 0 Å². The minimum Gasteiger partial charge on any atom is -0.357 e. The van der Waals surface area contributed by atoms with Gasteiger partial charge in [-0.05, 0) is 47.0 Å². The van der Waals surface area contributed by atoms with Gasteiger partial charge in [0.1, 0.15) is 0 Å². The number of hydrogen-bond acceptors (Lipinski definition) is 3. The number of rotatable bonds is 8. The Bertz CT molecular complexity index is 395. The van der Waals surface area contributed by atoms with Gasteiger partial charge < -0.3 is 20.9 Å². The van der Waals surface area contributed by atoms with Crippen LogP contribution in [0.1, 0.15) is 59.8 Å². The van der Waals surface area contributed by atoms with E-state index in [4.69, 9.17) is 0 Å². The van der Waals surface area contributed by atoms with Gasteiger partial charge in [-0.3, -0.25) is 9.79 Å². The molecule has 0 aromatic carbocycles. The number of amides is 1. The summed E-state index contributed by atoms with van der Waals surface area (Å²) in [5, 5.41) is 10.1. The lowest BCUT2D eigenvalue weighted by Gasteiger charge is -2.21. The van der Waals surface area contributed by atoms with Crippen LogP contribution in [0.5, 0.6) is 0 Å². The maximum absolute atomic E-state index is 12.0. The van der Waals surface area contributed by atoms with E-state index in [0.29, 0.717) is 12.3 Å². The largest absolute Gasteiger partial charge is 0.357 e. The Morgan fingerprint density at radius 1 is 1.16 bits per heavy atom. The van der Waals surface area contributed by atoms with E-state index in [1.54, 1.807) is 0 Å². The monoisotopic (exact) mass is 467 g/mol. The molecule has 0 saturated carbocycles. The van der Waals surface area contributed by atoms with Gasteiger partial charge in [0.25, 0.3) is 0 Å². The van der Waals surface area contributed by atoms with Crippen molar-refractivity contribution in [2.24, 2.45) is 4.99 Å². The number of halogens is 1. The molecule has 6 nitrogen and oxygen atoms in total. The van der Waals surface area contributed by atoms with Crippen molar-refractivity contribution in [1.82, 2.24) is 20.9 Å². The summed E-state index contributed by atoms with van der Waals surface area (Å²) < 4.78 is 0. The number of likely N-dealkylation sites (tertiary alicyclic amines) is 1. The standard InChI is InChI=1S/C18H37N5O.HI/c1-5-19-17(21-12-13-22-18(2,3)4)20-11-9-15-23-14-8-6-7-10-16(23)24;/h22H,5-15H2,1-4H3,(H2,19,20,21);1H. The smallest absolute Gasteiger partial charge is 0.222 e. The molecule has 0 atom stereocenters. The molecule has 0 spiro atoms. The Kier molecular flexibility index (Phi) is 13.3. The molecule has 3 N–H and O–H groups in total. The molecule has 0 unspecified atom stereocenters. The predicted octanol–water partition coefficient (Wildman–Crippen LogP) is 2.34. The van der Waals surface area contributed by atoms with Crippen LogP contribution < -0.4 is 16.0 Å². The van der Waals surface area contributed by atoms with Gasteiger partial charge in [-0.15, -0.1) is 24.0 Å².